The van der Waals surface area contributed by atoms with Crippen LogP contribution in [-0.4, -0.2) is 47.2 Å². The van der Waals surface area contributed by atoms with E-state index in [9.17, 15) is 4.79 Å². The van der Waals surface area contributed by atoms with Crippen molar-refractivity contribution in [2.75, 3.05) is 19.5 Å². The molecular weight excluding hydrogens is 446 g/mol. The summed E-state index contributed by atoms with van der Waals surface area (Å²) in [6.45, 7) is 6.97. The second-order valence-electron chi connectivity index (χ2n) is 9.57. The molecule has 34 heavy (non-hydrogen) atoms. The third kappa shape index (κ3) is 3.64. The molecule has 178 valence electrons. The molecule has 0 bridgehead atoms. The third-order valence-electron chi connectivity index (χ3n) is 7.46. The average molecular weight is 478 g/mol. The summed E-state index contributed by atoms with van der Waals surface area (Å²) in [5, 5.41) is 4.58. The number of aliphatic imine (C=N–C) groups is 1. The summed E-state index contributed by atoms with van der Waals surface area (Å²) in [6.07, 6.45) is 6.79. The molecule has 1 aliphatic carbocycles. The summed E-state index contributed by atoms with van der Waals surface area (Å²) < 4.78 is 5.66. The molecule has 5 rings (SSSR count). The zero-order chi connectivity index (χ0) is 24.0. The average Bonchev–Trinajstić information content (AvgIpc) is 3.45. The molecule has 1 atom stereocenters. The van der Waals surface area contributed by atoms with E-state index in [4.69, 9.17) is 4.74 Å². The molecule has 1 amide bonds. The van der Waals surface area contributed by atoms with Crippen molar-refractivity contribution in [1.82, 2.24) is 14.9 Å². The van der Waals surface area contributed by atoms with Gasteiger partial charge in [0.1, 0.15) is 22.7 Å². The molecule has 1 aliphatic heterocycles. The van der Waals surface area contributed by atoms with Crippen molar-refractivity contribution in [2.24, 2.45) is 10.4 Å². The summed E-state index contributed by atoms with van der Waals surface area (Å²) >= 11 is 1.70. The van der Waals surface area contributed by atoms with Crippen LogP contribution in [0.4, 0.5) is 11.5 Å². The predicted molar refractivity (Wildman–Crippen MR) is 138 cm³/mol. The van der Waals surface area contributed by atoms with Crippen LogP contribution < -0.4 is 10.1 Å². The van der Waals surface area contributed by atoms with Gasteiger partial charge < -0.3 is 15.0 Å². The van der Waals surface area contributed by atoms with Gasteiger partial charge in [0.15, 0.2) is 0 Å². The molecule has 1 N–H and O–H groups in total. The topological polar surface area (TPSA) is 79.7 Å². The molecule has 2 aliphatic rings. The van der Waals surface area contributed by atoms with E-state index < -0.39 is 0 Å². The number of thiophene rings is 1. The number of nitrogens with one attached hydrogen (secondary N) is 1. The zero-order valence-electron chi connectivity index (χ0n) is 20.4. The van der Waals surface area contributed by atoms with E-state index in [1.807, 2.05) is 24.2 Å². The Hall–Kier alpha value is -3.00. The van der Waals surface area contributed by atoms with Crippen LogP contribution in [0.5, 0.6) is 5.75 Å². The molecule has 2 aromatic heterocycles. The van der Waals surface area contributed by atoms with E-state index in [-0.39, 0.29) is 17.4 Å². The van der Waals surface area contributed by atoms with Gasteiger partial charge in [-0.25, -0.2) is 9.97 Å². The third-order valence-corrected chi connectivity index (χ3v) is 8.60. The first kappa shape index (κ1) is 22.8. The van der Waals surface area contributed by atoms with Crippen LogP contribution in [0.2, 0.25) is 0 Å². The Labute approximate surface area is 204 Å². The minimum Gasteiger partial charge on any atom is -0.495 e. The van der Waals surface area contributed by atoms with E-state index in [1.54, 1.807) is 24.8 Å². The van der Waals surface area contributed by atoms with Crippen molar-refractivity contribution in [3.63, 3.8) is 0 Å². The standard InChI is InChI=1S/C26H31N5O2S/c1-6-26(25(32)31(4)15(2)3)8-7-18-21(11-26)34-24-22(18)23(28-14-29-24)30-19-9-16-12-27-13-17(16)10-20(19)33-5/h9-10,12,14-15H,6-8,11,13H2,1-5H3,(H,28,29,30)/t26-/m1/s1. The Bertz CT molecular complexity index is 1300. The SMILES string of the molecule is CC[C@@]1(C(=O)N(C)C(C)C)CCc2c(sc3ncnc(Nc4cc5c(cc4OC)CN=C5)c23)C1. The fraction of sp³-hybridized carbons (Fsp3) is 0.462. The number of methoxy groups -OCH3 is 1. The van der Waals surface area contributed by atoms with Crippen LogP contribution in [0, 0.1) is 5.41 Å². The number of benzene rings is 1. The van der Waals surface area contributed by atoms with Crippen LogP contribution >= 0.6 is 11.3 Å². The van der Waals surface area contributed by atoms with Crippen molar-refractivity contribution in [3.8, 4) is 5.75 Å². The van der Waals surface area contributed by atoms with Gasteiger partial charge in [0.2, 0.25) is 5.91 Å². The summed E-state index contributed by atoms with van der Waals surface area (Å²) in [7, 11) is 3.60. The van der Waals surface area contributed by atoms with Crippen molar-refractivity contribution < 1.29 is 9.53 Å². The number of anilines is 2. The quantitative estimate of drug-likeness (QED) is 0.533. The van der Waals surface area contributed by atoms with Crippen molar-refractivity contribution in [1.29, 1.82) is 0 Å². The molecule has 0 saturated carbocycles. The van der Waals surface area contributed by atoms with Gasteiger partial charge in [-0.3, -0.25) is 9.79 Å². The highest BCUT2D eigenvalue weighted by molar-refractivity contribution is 7.19. The number of hydrogen-bond donors (Lipinski definition) is 1. The largest absolute Gasteiger partial charge is 0.495 e. The lowest BCUT2D eigenvalue weighted by molar-refractivity contribution is -0.143. The first-order valence-corrected chi connectivity index (χ1v) is 12.7. The summed E-state index contributed by atoms with van der Waals surface area (Å²) in [6, 6.07) is 4.30. The van der Waals surface area contributed by atoms with E-state index in [1.165, 1.54) is 10.4 Å². The maximum atomic E-state index is 13.5. The van der Waals surface area contributed by atoms with Crippen molar-refractivity contribution >= 4 is 45.2 Å². The second kappa shape index (κ2) is 8.65. The molecule has 3 heterocycles. The lowest BCUT2D eigenvalue weighted by Crippen LogP contribution is -2.47. The number of nitrogens with zero attached hydrogens (tertiary/aromatic N) is 4. The van der Waals surface area contributed by atoms with E-state index in [2.05, 4.69) is 47.1 Å². The molecular formula is C26H31N5O2S. The summed E-state index contributed by atoms with van der Waals surface area (Å²) in [5.41, 5.74) is 4.05. The number of carbonyl (C=O) groups is 1. The van der Waals surface area contributed by atoms with Gasteiger partial charge in [-0.1, -0.05) is 6.92 Å². The minimum absolute atomic E-state index is 0.189. The monoisotopic (exact) mass is 477 g/mol. The first-order chi connectivity index (χ1) is 16.4. The van der Waals surface area contributed by atoms with Crippen molar-refractivity contribution in [2.45, 2.75) is 59.0 Å². The number of fused-ring (bicyclic) bond motifs is 4. The Morgan fingerprint density at radius 1 is 1.32 bits per heavy atom. The van der Waals surface area contributed by atoms with Crippen LogP contribution in [0.25, 0.3) is 10.2 Å². The molecule has 0 unspecified atom stereocenters. The van der Waals surface area contributed by atoms with Crippen LogP contribution in [0.15, 0.2) is 23.5 Å². The fourth-order valence-corrected chi connectivity index (χ4v) is 6.41. The number of rotatable bonds is 6. The molecule has 0 saturated heterocycles. The van der Waals surface area contributed by atoms with Gasteiger partial charge in [0.25, 0.3) is 0 Å². The molecule has 0 spiro atoms. The highest BCUT2D eigenvalue weighted by Crippen LogP contribution is 2.47. The van der Waals surface area contributed by atoms with Crippen molar-refractivity contribution in [3.05, 3.63) is 40.0 Å². The number of aryl methyl sites for hydroxylation is 1. The minimum atomic E-state index is -0.351. The van der Waals surface area contributed by atoms with E-state index in [0.29, 0.717) is 6.54 Å². The fourth-order valence-electron chi connectivity index (χ4n) is 5.07. The van der Waals surface area contributed by atoms with E-state index >= 15 is 0 Å². The molecule has 3 aromatic rings. The van der Waals surface area contributed by atoms with Gasteiger partial charge in [-0.15, -0.1) is 11.3 Å². The molecule has 1 aromatic carbocycles. The molecule has 0 radical (unpaired) electrons. The summed E-state index contributed by atoms with van der Waals surface area (Å²) in [5.74, 6) is 1.81. The van der Waals surface area contributed by atoms with Crippen LogP contribution in [-0.2, 0) is 24.2 Å². The maximum Gasteiger partial charge on any atom is 0.229 e. The van der Waals surface area contributed by atoms with Crippen LogP contribution in [0.3, 0.4) is 0 Å². The highest BCUT2D eigenvalue weighted by Gasteiger charge is 2.43. The van der Waals surface area contributed by atoms with Gasteiger partial charge in [0.05, 0.1) is 30.1 Å². The van der Waals surface area contributed by atoms with Gasteiger partial charge >= 0.3 is 0 Å². The van der Waals surface area contributed by atoms with Gasteiger partial charge in [-0.2, -0.15) is 0 Å². The van der Waals surface area contributed by atoms with E-state index in [0.717, 1.165) is 64.3 Å². The predicted octanol–water partition coefficient (Wildman–Crippen LogP) is 5.13. The maximum absolute atomic E-state index is 13.5. The lowest BCUT2D eigenvalue weighted by Gasteiger charge is -2.39. The number of ether oxygens (including phenoxy) is 1. The normalized spacial score (nSPS) is 18.8. The zero-order valence-corrected chi connectivity index (χ0v) is 21.3. The molecule has 0 fully saturated rings. The highest BCUT2D eigenvalue weighted by atomic mass is 32.1. The lowest BCUT2D eigenvalue weighted by atomic mass is 9.71. The Morgan fingerprint density at radius 3 is 2.88 bits per heavy atom. The Balaban J connectivity index is 1.53. The summed E-state index contributed by atoms with van der Waals surface area (Å²) in [4.78, 5) is 31.1. The van der Waals surface area contributed by atoms with Gasteiger partial charge in [-0.05, 0) is 68.4 Å². The molecule has 8 heteroatoms. The first-order valence-electron chi connectivity index (χ1n) is 11.9. The van der Waals surface area contributed by atoms with Gasteiger partial charge in [0, 0.05) is 24.2 Å². The number of aromatic nitrogens is 2. The number of amides is 1. The second-order valence-corrected chi connectivity index (χ2v) is 10.7. The number of carbonyl (C=O) groups excluding carboxylic acids is 1. The molecule has 7 nitrogen and oxygen atoms in total. The number of hydrogen-bond acceptors (Lipinski definition) is 7. The smallest absolute Gasteiger partial charge is 0.229 e. The Kier molecular flexibility index (Phi) is 5.80. The Morgan fingerprint density at radius 2 is 2.15 bits per heavy atom. The van der Waals surface area contributed by atoms with Crippen LogP contribution in [0.1, 0.15) is 55.2 Å².